The van der Waals surface area contributed by atoms with E-state index in [-0.39, 0.29) is 5.56 Å². The van der Waals surface area contributed by atoms with Crippen molar-refractivity contribution < 1.29 is 23.8 Å². The fraction of sp³-hybridized carbons (Fsp3) is 0.200. The molecule has 0 atom stereocenters. The van der Waals surface area contributed by atoms with E-state index in [0.717, 1.165) is 11.1 Å². The van der Waals surface area contributed by atoms with Crippen LogP contribution in [0.2, 0.25) is 0 Å². The predicted octanol–water partition coefficient (Wildman–Crippen LogP) is 4.48. The van der Waals surface area contributed by atoms with Crippen molar-refractivity contribution in [3.05, 3.63) is 89.5 Å². The van der Waals surface area contributed by atoms with Crippen LogP contribution in [0.25, 0.3) is 0 Å². The Hall–Kier alpha value is -3.80. The molecule has 3 aromatic rings. The molecule has 0 saturated heterocycles. The Labute approximate surface area is 181 Å². The number of hydrogen-bond donors (Lipinski definition) is 1. The van der Waals surface area contributed by atoms with Gasteiger partial charge >= 0.3 is 5.97 Å². The molecule has 0 radical (unpaired) electrons. The van der Waals surface area contributed by atoms with Crippen LogP contribution in [-0.2, 0) is 16.0 Å². The van der Waals surface area contributed by atoms with E-state index in [1.807, 2.05) is 61.5 Å². The van der Waals surface area contributed by atoms with Gasteiger partial charge in [0.25, 0.3) is 5.91 Å². The third-order valence-electron chi connectivity index (χ3n) is 4.56. The average Bonchev–Trinajstić information content (AvgIpc) is 2.80. The molecule has 0 saturated carbocycles. The molecule has 160 valence electrons. The quantitative estimate of drug-likeness (QED) is 0.518. The third-order valence-corrected chi connectivity index (χ3v) is 4.56. The normalized spacial score (nSPS) is 10.3. The second kappa shape index (κ2) is 10.8. The van der Waals surface area contributed by atoms with Crippen molar-refractivity contribution in [1.82, 2.24) is 0 Å². The lowest BCUT2D eigenvalue weighted by Gasteiger charge is -2.12. The summed E-state index contributed by atoms with van der Waals surface area (Å²) in [7, 11) is 1.49. The molecule has 0 bridgehead atoms. The Balaban J connectivity index is 1.60. The van der Waals surface area contributed by atoms with Gasteiger partial charge in [0.2, 0.25) is 0 Å². The Morgan fingerprint density at radius 3 is 2.39 bits per heavy atom. The first-order valence-corrected chi connectivity index (χ1v) is 10.0. The number of rotatable bonds is 9. The number of amides is 1. The topological polar surface area (TPSA) is 73.9 Å². The predicted molar refractivity (Wildman–Crippen MR) is 119 cm³/mol. The lowest BCUT2D eigenvalue weighted by molar-refractivity contribution is -0.119. The van der Waals surface area contributed by atoms with Crippen LogP contribution in [-0.4, -0.2) is 32.2 Å². The zero-order valence-corrected chi connectivity index (χ0v) is 17.6. The van der Waals surface area contributed by atoms with E-state index in [9.17, 15) is 9.59 Å². The third kappa shape index (κ3) is 6.09. The maximum absolute atomic E-state index is 12.4. The van der Waals surface area contributed by atoms with Crippen LogP contribution in [0, 0.1) is 0 Å². The van der Waals surface area contributed by atoms with Crippen LogP contribution in [0.4, 0.5) is 5.69 Å². The summed E-state index contributed by atoms with van der Waals surface area (Å²) in [6.07, 6.45) is 0.684. The molecule has 0 aliphatic rings. The first-order chi connectivity index (χ1) is 15.1. The lowest BCUT2D eigenvalue weighted by atomic mass is 10.0. The molecule has 31 heavy (non-hydrogen) atoms. The summed E-state index contributed by atoms with van der Waals surface area (Å²) in [4.78, 5) is 24.7. The minimum atomic E-state index is -0.617. The van der Waals surface area contributed by atoms with Crippen molar-refractivity contribution in [2.75, 3.05) is 25.6 Å². The van der Waals surface area contributed by atoms with E-state index in [2.05, 4.69) is 5.32 Å². The largest absolute Gasteiger partial charge is 0.493 e. The molecule has 0 fully saturated rings. The highest BCUT2D eigenvalue weighted by Gasteiger charge is 2.15. The van der Waals surface area contributed by atoms with E-state index in [1.165, 1.54) is 13.2 Å². The average molecular weight is 419 g/mol. The molecular formula is C25H25NO5. The molecule has 0 heterocycles. The summed E-state index contributed by atoms with van der Waals surface area (Å²) < 4.78 is 15.9. The molecular weight excluding hydrogens is 394 g/mol. The lowest BCUT2D eigenvalue weighted by Crippen LogP contribution is -2.21. The van der Waals surface area contributed by atoms with Crippen molar-refractivity contribution in [3.8, 4) is 11.5 Å². The second-order valence-electron chi connectivity index (χ2n) is 6.74. The fourth-order valence-corrected chi connectivity index (χ4v) is 3.08. The maximum atomic E-state index is 12.4. The molecule has 1 N–H and O–H groups in total. The summed E-state index contributed by atoms with van der Waals surface area (Å²) in [5, 5.41) is 2.83. The van der Waals surface area contributed by atoms with Crippen LogP contribution in [0.3, 0.4) is 0 Å². The zero-order valence-electron chi connectivity index (χ0n) is 17.6. The number of hydrogen-bond acceptors (Lipinski definition) is 5. The van der Waals surface area contributed by atoms with Gasteiger partial charge in [-0.05, 0) is 48.7 Å². The molecule has 0 aliphatic heterocycles. The van der Waals surface area contributed by atoms with E-state index in [4.69, 9.17) is 14.2 Å². The summed E-state index contributed by atoms with van der Waals surface area (Å²) in [6, 6.07) is 22.3. The summed E-state index contributed by atoms with van der Waals surface area (Å²) in [6.45, 7) is 1.94. The Morgan fingerprint density at radius 1 is 0.903 bits per heavy atom. The van der Waals surface area contributed by atoms with Crippen molar-refractivity contribution in [2.45, 2.75) is 13.3 Å². The monoisotopic (exact) mass is 419 g/mol. The number of methoxy groups -OCH3 is 1. The van der Waals surface area contributed by atoms with Crippen molar-refractivity contribution in [3.63, 3.8) is 0 Å². The van der Waals surface area contributed by atoms with E-state index >= 15 is 0 Å². The Kier molecular flexibility index (Phi) is 7.65. The second-order valence-corrected chi connectivity index (χ2v) is 6.74. The van der Waals surface area contributed by atoms with Gasteiger partial charge in [-0.15, -0.1) is 0 Å². The first kappa shape index (κ1) is 21.9. The first-order valence-electron chi connectivity index (χ1n) is 10.0. The van der Waals surface area contributed by atoms with Gasteiger partial charge in [-0.1, -0.05) is 48.5 Å². The SMILES string of the molecule is CCOc1ccc(C(=O)OCC(=O)Nc2ccccc2Cc2ccccc2)cc1OC. The van der Waals surface area contributed by atoms with Crippen LogP contribution in [0.15, 0.2) is 72.8 Å². The van der Waals surface area contributed by atoms with Crippen LogP contribution in [0.1, 0.15) is 28.4 Å². The highest BCUT2D eigenvalue weighted by atomic mass is 16.5. The molecule has 3 aromatic carbocycles. The van der Waals surface area contributed by atoms with Gasteiger partial charge in [-0.3, -0.25) is 4.79 Å². The number of nitrogens with one attached hydrogen (secondary N) is 1. The van der Waals surface area contributed by atoms with E-state index in [0.29, 0.717) is 30.2 Å². The van der Waals surface area contributed by atoms with Gasteiger partial charge in [0, 0.05) is 5.69 Å². The molecule has 0 aliphatic carbocycles. The zero-order chi connectivity index (χ0) is 22.1. The molecule has 0 spiro atoms. The molecule has 6 heteroatoms. The fourth-order valence-electron chi connectivity index (χ4n) is 3.08. The van der Waals surface area contributed by atoms with Crippen molar-refractivity contribution >= 4 is 17.6 Å². The molecule has 1 amide bonds. The van der Waals surface area contributed by atoms with Crippen molar-refractivity contribution in [1.29, 1.82) is 0 Å². The number of anilines is 1. The van der Waals surface area contributed by atoms with Gasteiger partial charge in [-0.25, -0.2) is 4.79 Å². The smallest absolute Gasteiger partial charge is 0.338 e. The van der Waals surface area contributed by atoms with Gasteiger partial charge in [0.05, 0.1) is 19.3 Å². The Morgan fingerprint density at radius 2 is 1.65 bits per heavy atom. The van der Waals surface area contributed by atoms with Crippen molar-refractivity contribution in [2.24, 2.45) is 0 Å². The number of ether oxygens (including phenoxy) is 3. The number of carbonyl (C=O) groups is 2. The van der Waals surface area contributed by atoms with Gasteiger partial charge in [0.15, 0.2) is 18.1 Å². The minimum Gasteiger partial charge on any atom is -0.493 e. The number of benzene rings is 3. The summed E-state index contributed by atoms with van der Waals surface area (Å²) in [5.41, 5.74) is 3.08. The highest BCUT2D eigenvalue weighted by molar-refractivity contribution is 5.96. The standard InChI is InChI=1S/C25H25NO5/c1-3-30-22-14-13-20(16-23(22)29-2)25(28)31-17-24(27)26-21-12-8-7-11-19(21)15-18-9-5-4-6-10-18/h4-14,16H,3,15,17H2,1-2H3,(H,26,27). The van der Waals surface area contributed by atoms with Gasteiger partial charge in [0.1, 0.15) is 0 Å². The van der Waals surface area contributed by atoms with Gasteiger partial charge < -0.3 is 19.5 Å². The molecule has 0 aromatic heterocycles. The molecule has 6 nitrogen and oxygen atoms in total. The van der Waals surface area contributed by atoms with Crippen LogP contribution in [0.5, 0.6) is 11.5 Å². The maximum Gasteiger partial charge on any atom is 0.338 e. The van der Waals surface area contributed by atoms with E-state index < -0.39 is 18.5 Å². The molecule has 0 unspecified atom stereocenters. The highest BCUT2D eigenvalue weighted by Crippen LogP contribution is 2.28. The number of carbonyl (C=O) groups excluding carboxylic acids is 2. The summed E-state index contributed by atoms with van der Waals surface area (Å²) >= 11 is 0. The van der Waals surface area contributed by atoms with Gasteiger partial charge in [-0.2, -0.15) is 0 Å². The number of para-hydroxylation sites is 1. The molecule has 3 rings (SSSR count). The number of esters is 1. The van der Waals surface area contributed by atoms with Crippen LogP contribution < -0.4 is 14.8 Å². The van der Waals surface area contributed by atoms with Crippen LogP contribution >= 0.6 is 0 Å². The minimum absolute atomic E-state index is 0.276. The summed E-state index contributed by atoms with van der Waals surface area (Å²) in [5.74, 6) is -0.0641. The van der Waals surface area contributed by atoms with E-state index in [1.54, 1.807) is 12.1 Å². The Bertz CT molecular complexity index is 1030.